The van der Waals surface area contributed by atoms with Gasteiger partial charge in [-0.2, -0.15) is 0 Å². The summed E-state index contributed by atoms with van der Waals surface area (Å²) in [5, 5.41) is 6.02. The minimum absolute atomic E-state index is 0.265. The Labute approximate surface area is 159 Å². The number of nitrogens with one attached hydrogen (secondary N) is 2. The molecule has 0 aliphatic rings. The fourth-order valence-electron chi connectivity index (χ4n) is 2.51. The van der Waals surface area contributed by atoms with Crippen LogP contribution in [0.3, 0.4) is 0 Å². The lowest BCUT2D eigenvalue weighted by Crippen LogP contribution is -2.14. The number of amides is 1. The van der Waals surface area contributed by atoms with E-state index in [9.17, 15) is 4.79 Å². The molecule has 0 fully saturated rings. The van der Waals surface area contributed by atoms with E-state index in [1.807, 2.05) is 75.3 Å². The van der Waals surface area contributed by atoms with Gasteiger partial charge in [0, 0.05) is 31.2 Å². The van der Waals surface area contributed by atoms with E-state index in [4.69, 9.17) is 0 Å². The molecule has 0 atom stereocenters. The first kappa shape index (κ1) is 18.4. The lowest BCUT2D eigenvalue weighted by atomic mass is 10.1. The Morgan fingerprint density at radius 1 is 0.889 bits per heavy atom. The number of hydrogen-bond acceptors (Lipinski definition) is 5. The van der Waals surface area contributed by atoms with Crippen molar-refractivity contribution in [3.63, 3.8) is 0 Å². The summed E-state index contributed by atoms with van der Waals surface area (Å²) in [6, 6.07) is 13.8. The Balaban J connectivity index is 1.65. The molecular weight excluding hydrogens is 338 g/mol. The van der Waals surface area contributed by atoms with Crippen LogP contribution >= 0.6 is 0 Å². The monoisotopic (exact) mass is 361 g/mol. The molecule has 138 valence electrons. The summed E-state index contributed by atoms with van der Waals surface area (Å²) >= 11 is 0. The van der Waals surface area contributed by atoms with Crippen molar-refractivity contribution in [2.45, 2.75) is 13.8 Å². The molecule has 1 heterocycles. The van der Waals surface area contributed by atoms with E-state index >= 15 is 0 Å². The minimum Gasteiger partial charge on any atom is -0.378 e. The maximum absolute atomic E-state index is 12.3. The number of carbonyl (C=O) groups excluding carboxylic acids is 1. The van der Waals surface area contributed by atoms with Crippen LogP contribution in [0.4, 0.5) is 22.9 Å². The highest BCUT2D eigenvalue weighted by Crippen LogP contribution is 2.19. The molecule has 0 spiro atoms. The van der Waals surface area contributed by atoms with Crippen LogP contribution in [0, 0.1) is 13.8 Å². The Morgan fingerprint density at radius 2 is 1.59 bits per heavy atom. The fraction of sp³-hybridized carbons (Fsp3) is 0.190. The van der Waals surface area contributed by atoms with E-state index in [0.29, 0.717) is 5.82 Å². The maximum atomic E-state index is 12.3. The molecule has 3 aromatic rings. The average molecular weight is 361 g/mol. The second kappa shape index (κ2) is 7.86. The van der Waals surface area contributed by atoms with Gasteiger partial charge in [-0.05, 0) is 61.4 Å². The van der Waals surface area contributed by atoms with Crippen LogP contribution < -0.4 is 15.5 Å². The van der Waals surface area contributed by atoms with Gasteiger partial charge in [-0.25, -0.2) is 9.97 Å². The van der Waals surface area contributed by atoms with Crippen LogP contribution in [-0.4, -0.2) is 30.0 Å². The highest BCUT2D eigenvalue weighted by molar-refractivity contribution is 6.02. The summed E-state index contributed by atoms with van der Waals surface area (Å²) in [6.07, 6.45) is 3.02. The Hall–Kier alpha value is -3.41. The second-order valence-electron chi connectivity index (χ2n) is 6.61. The van der Waals surface area contributed by atoms with E-state index in [0.717, 1.165) is 22.6 Å². The summed E-state index contributed by atoms with van der Waals surface area (Å²) in [5.41, 5.74) is 5.34. The standard InChI is InChI=1S/C21H23N5O/c1-14-5-6-17(11-15(14)2)25-21(27)19-12-23-20(13-22-19)24-16-7-9-18(10-8-16)26(3)4/h5-13H,1-4H3,(H,23,24)(H,25,27). The molecule has 0 aliphatic carbocycles. The smallest absolute Gasteiger partial charge is 0.275 e. The molecule has 0 radical (unpaired) electrons. The number of benzene rings is 2. The largest absolute Gasteiger partial charge is 0.378 e. The van der Waals surface area contributed by atoms with Gasteiger partial charge in [0.25, 0.3) is 5.91 Å². The number of nitrogens with zero attached hydrogens (tertiary/aromatic N) is 3. The average Bonchev–Trinajstić information content (AvgIpc) is 2.66. The molecular formula is C21H23N5O. The number of anilines is 4. The van der Waals surface area contributed by atoms with Crippen LogP contribution in [0.1, 0.15) is 21.6 Å². The number of hydrogen-bond donors (Lipinski definition) is 2. The molecule has 0 saturated carbocycles. The summed E-state index contributed by atoms with van der Waals surface area (Å²) in [7, 11) is 3.99. The van der Waals surface area contributed by atoms with E-state index in [1.54, 1.807) is 6.20 Å². The minimum atomic E-state index is -0.285. The molecule has 6 heteroatoms. The van der Waals surface area contributed by atoms with Crippen LogP contribution in [0.15, 0.2) is 54.9 Å². The van der Waals surface area contributed by atoms with Gasteiger partial charge in [0.05, 0.1) is 12.4 Å². The molecule has 3 rings (SSSR count). The third kappa shape index (κ3) is 4.61. The zero-order valence-corrected chi connectivity index (χ0v) is 15.9. The van der Waals surface area contributed by atoms with Gasteiger partial charge >= 0.3 is 0 Å². The summed E-state index contributed by atoms with van der Waals surface area (Å²) in [4.78, 5) is 22.9. The Kier molecular flexibility index (Phi) is 5.35. The first-order valence-corrected chi connectivity index (χ1v) is 8.67. The number of rotatable bonds is 5. The van der Waals surface area contributed by atoms with E-state index < -0.39 is 0 Å². The zero-order chi connectivity index (χ0) is 19.4. The lowest BCUT2D eigenvalue weighted by molar-refractivity contribution is 0.102. The van der Waals surface area contributed by atoms with Gasteiger partial charge in [0.2, 0.25) is 0 Å². The maximum Gasteiger partial charge on any atom is 0.275 e. The van der Waals surface area contributed by atoms with Crippen molar-refractivity contribution in [3.8, 4) is 0 Å². The zero-order valence-electron chi connectivity index (χ0n) is 15.9. The van der Waals surface area contributed by atoms with Gasteiger partial charge < -0.3 is 15.5 Å². The first-order valence-electron chi connectivity index (χ1n) is 8.67. The van der Waals surface area contributed by atoms with Gasteiger partial charge in [-0.15, -0.1) is 0 Å². The van der Waals surface area contributed by atoms with Crippen LogP contribution in [0.2, 0.25) is 0 Å². The number of carbonyl (C=O) groups is 1. The topological polar surface area (TPSA) is 70.2 Å². The van der Waals surface area contributed by atoms with Crippen molar-refractivity contribution in [1.82, 2.24) is 9.97 Å². The normalized spacial score (nSPS) is 10.4. The van der Waals surface area contributed by atoms with Gasteiger partial charge in [-0.1, -0.05) is 6.07 Å². The van der Waals surface area contributed by atoms with Crippen LogP contribution in [-0.2, 0) is 0 Å². The number of aromatic nitrogens is 2. The molecule has 0 aliphatic heterocycles. The molecule has 1 amide bonds. The van der Waals surface area contributed by atoms with E-state index in [1.165, 1.54) is 11.8 Å². The van der Waals surface area contributed by atoms with Crippen molar-refractivity contribution < 1.29 is 4.79 Å². The van der Waals surface area contributed by atoms with Crippen molar-refractivity contribution in [3.05, 3.63) is 71.7 Å². The Morgan fingerprint density at radius 3 is 2.19 bits per heavy atom. The highest BCUT2D eigenvalue weighted by atomic mass is 16.1. The molecule has 0 saturated heterocycles. The molecule has 0 unspecified atom stereocenters. The summed E-state index contributed by atoms with van der Waals surface area (Å²) < 4.78 is 0. The lowest BCUT2D eigenvalue weighted by Gasteiger charge is -2.13. The third-order valence-electron chi connectivity index (χ3n) is 4.31. The summed E-state index contributed by atoms with van der Waals surface area (Å²) in [6.45, 7) is 4.04. The van der Waals surface area contributed by atoms with Crippen molar-refractivity contribution in [2.75, 3.05) is 29.6 Å². The fourth-order valence-corrected chi connectivity index (χ4v) is 2.51. The van der Waals surface area contributed by atoms with Crippen LogP contribution in [0.25, 0.3) is 0 Å². The second-order valence-corrected chi connectivity index (χ2v) is 6.61. The van der Waals surface area contributed by atoms with Crippen LogP contribution in [0.5, 0.6) is 0 Å². The predicted octanol–water partition coefficient (Wildman–Crippen LogP) is 4.16. The van der Waals surface area contributed by atoms with E-state index in [2.05, 4.69) is 20.6 Å². The molecule has 0 bridgehead atoms. The van der Waals surface area contributed by atoms with Crippen molar-refractivity contribution in [1.29, 1.82) is 0 Å². The van der Waals surface area contributed by atoms with Crippen molar-refractivity contribution >= 4 is 28.8 Å². The quantitative estimate of drug-likeness (QED) is 0.714. The SMILES string of the molecule is Cc1ccc(NC(=O)c2cnc(Nc3ccc(N(C)C)cc3)cn2)cc1C. The predicted molar refractivity (Wildman–Crippen MR) is 110 cm³/mol. The first-order chi connectivity index (χ1) is 12.9. The molecule has 2 N–H and O–H groups in total. The molecule has 27 heavy (non-hydrogen) atoms. The summed E-state index contributed by atoms with van der Waals surface area (Å²) in [5.74, 6) is 0.294. The van der Waals surface area contributed by atoms with Gasteiger partial charge in [0.1, 0.15) is 11.5 Å². The third-order valence-corrected chi connectivity index (χ3v) is 4.31. The molecule has 2 aromatic carbocycles. The molecule has 1 aromatic heterocycles. The molecule has 6 nitrogen and oxygen atoms in total. The van der Waals surface area contributed by atoms with Gasteiger partial charge in [0.15, 0.2) is 0 Å². The van der Waals surface area contributed by atoms with Gasteiger partial charge in [-0.3, -0.25) is 4.79 Å². The van der Waals surface area contributed by atoms with E-state index in [-0.39, 0.29) is 11.6 Å². The number of aryl methyl sites for hydroxylation is 2. The highest BCUT2D eigenvalue weighted by Gasteiger charge is 2.09. The van der Waals surface area contributed by atoms with Crippen molar-refractivity contribution in [2.24, 2.45) is 0 Å². The Bertz CT molecular complexity index is 934.